The van der Waals surface area contributed by atoms with Gasteiger partial charge in [-0.2, -0.15) is 0 Å². The Labute approximate surface area is 105 Å². The zero-order valence-corrected chi connectivity index (χ0v) is 9.71. The molecular formula is C16H12O2. The van der Waals surface area contributed by atoms with Gasteiger partial charge in [-0.3, -0.25) is 0 Å². The summed E-state index contributed by atoms with van der Waals surface area (Å²) < 4.78 is 0. The highest BCUT2D eigenvalue weighted by Crippen LogP contribution is 2.34. The van der Waals surface area contributed by atoms with Gasteiger partial charge in [0.25, 0.3) is 0 Å². The molecule has 1 aromatic rings. The van der Waals surface area contributed by atoms with Gasteiger partial charge in [-0.05, 0) is 16.7 Å². The third-order valence-electron chi connectivity index (χ3n) is 3.28. The molecule has 3 rings (SSSR count). The average molecular weight is 236 g/mol. The van der Waals surface area contributed by atoms with E-state index in [1.54, 1.807) is 0 Å². The predicted octanol–water partition coefficient (Wildman–Crippen LogP) is 3.29. The largest absolute Gasteiger partial charge is 0.478 e. The van der Waals surface area contributed by atoms with Crippen LogP contribution in [0.1, 0.15) is 11.1 Å². The van der Waals surface area contributed by atoms with E-state index in [4.69, 9.17) is 0 Å². The minimum atomic E-state index is -0.869. The van der Waals surface area contributed by atoms with Crippen LogP contribution in [0.15, 0.2) is 60.2 Å². The first kappa shape index (κ1) is 10.8. The fraction of sp³-hybridized carbons (Fsp3) is 0.0625. The third-order valence-corrected chi connectivity index (χ3v) is 3.28. The molecule has 0 saturated heterocycles. The number of allylic oxidation sites excluding steroid dienone is 6. The lowest BCUT2D eigenvalue weighted by molar-refractivity contribution is -0.130. The molecule has 1 N–H and O–H groups in total. The fourth-order valence-corrected chi connectivity index (χ4v) is 2.45. The molecule has 18 heavy (non-hydrogen) atoms. The Balaban J connectivity index is 2.32. The zero-order valence-electron chi connectivity index (χ0n) is 9.71. The number of carboxylic acids is 1. The van der Waals surface area contributed by atoms with E-state index in [2.05, 4.69) is 0 Å². The highest BCUT2D eigenvalue weighted by molar-refractivity contribution is 6.18. The minimum absolute atomic E-state index is 0.0495. The van der Waals surface area contributed by atoms with Crippen molar-refractivity contribution < 1.29 is 9.90 Å². The van der Waals surface area contributed by atoms with E-state index in [9.17, 15) is 9.90 Å². The molecule has 0 saturated carbocycles. The van der Waals surface area contributed by atoms with Crippen molar-refractivity contribution in [1.29, 1.82) is 0 Å². The molecule has 2 aliphatic carbocycles. The number of aliphatic carboxylic acids is 1. The van der Waals surface area contributed by atoms with Crippen LogP contribution < -0.4 is 0 Å². The Morgan fingerprint density at radius 1 is 1.06 bits per heavy atom. The molecule has 1 unspecified atom stereocenters. The first-order valence-corrected chi connectivity index (χ1v) is 5.87. The van der Waals surface area contributed by atoms with Crippen LogP contribution in [0.5, 0.6) is 0 Å². The second kappa shape index (κ2) is 4.15. The van der Waals surface area contributed by atoms with Gasteiger partial charge in [-0.1, -0.05) is 60.7 Å². The predicted molar refractivity (Wildman–Crippen MR) is 71.8 cm³/mol. The monoisotopic (exact) mass is 236 g/mol. The zero-order chi connectivity index (χ0) is 12.5. The molecule has 2 nitrogen and oxygen atoms in total. The summed E-state index contributed by atoms with van der Waals surface area (Å²) in [5.41, 5.74) is 3.00. The Morgan fingerprint density at radius 2 is 1.89 bits per heavy atom. The first-order valence-electron chi connectivity index (χ1n) is 5.87. The third kappa shape index (κ3) is 1.63. The van der Waals surface area contributed by atoms with Crippen molar-refractivity contribution in [2.24, 2.45) is 5.92 Å². The van der Waals surface area contributed by atoms with Crippen LogP contribution in [-0.2, 0) is 4.79 Å². The van der Waals surface area contributed by atoms with Crippen molar-refractivity contribution in [3.05, 3.63) is 71.3 Å². The second-order valence-corrected chi connectivity index (χ2v) is 4.35. The summed E-state index contributed by atoms with van der Waals surface area (Å²) in [5.74, 6) is -0.820. The van der Waals surface area contributed by atoms with Crippen molar-refractivity contribution in [1.82, 2.24) is 0 Å². The van der Waals surface area contributed by atoms with Crippen LogP contribution in [-0.4, -0.2) is 11.1 Å². The first-order chi connectivity index (χ1) is 8.77. The normalized spacial score (nSPS) is 20.3. The summed E-state index contributed by atoms with van der Waals surface area (Å²) in [6.07, 6.45) is 11.8. The Morgan fingerprint density at radius 3 is 2.72 bits per heavy atom. The van der Waals surface area contributed by atoms with Gasteiger partial charge < -0.3 is 5.11 Å². The SMILES string of the molecule is O=C(O)C1=C2C=CC=CC2C=Cc2ccccc21. The minimum Gasteiger partial charge on any atom is -0.478 e. The highest BCUT2D eigenvalue weighted by atomic mass is 16.4. The number of carboxylic acid groups (broad SMARTS) is 1. The Hall–Kier alpha value is -2.35. The number of fused-ring (bicyclic) bond motifs is 2. The summed E-state index contributed by atoms with van der Waals surface area (Å²) in [5, 5.41) is 9.51. The smallest absolute Gasteiger partial charge is 0.336 e. The van der Waals surface area contributed by atoms with Crippen LogP contribution in [0.4, 0.5) is 0 Å². The molecule has 0 aromatic heterocycles. The number of hydrogen-bond donors (Lipinski definition) is 1. The number of carbonyl (C=O) groups is 1. The van der Waals surface area contributed by atoms with Gasteiger partial charge in [0.1, 0.15) is 0 Å². The number of rotatable bonds is 1. The molecule has 2 heteroatoms. The lowest BCUT2D eigenvalue weighted by Gasteiger charge is -2.15. The second-order valence-electron chi connectivity index (χ2n) is 4.35. The van der Waals surface area contributed by atoms with E-state index in [-0.39, 0.29) is 5.92 Å². The van der Waals surface area contributed by atoms with E-state index in [0.29, 0.717) is 5.57 Å². The molecule has 0 radical (unpaired) electrons. The van der Waals surface area contributed by atoms with Gasteiger partial charge in [0.2, 0.25) is 0 Å². The van der Waals surface area contributed by atoms with Gasteiger partial charge >= 0.3 is 5.97 Å². The maximum Gasteiger partial charge on any atom is 0.336 e. The summed E-state index contributed by atoms with van der Waals surface area (Å²) in [6.45, 7) is 0. The molecule has 2 aliphatic rings. The standard InChI is InChI=1S/C16H12O2/c17-16(18)15-13-7-3-1-5-11(13)9-10-12-6-2-4-8-14(12)15/h1-11H,(H,17,18). The van der Waals surface area contributed by atoms with Gasteiger partial charge in [0.15, 0.2) is 0 Å². The fourth-order valence-electron chi connectivity index (χ4n) is 2.45. The van der Waals surface area contributed by atoms with E-state index < -0.39 is 5.97 Å². The van der Waals surface area contributed by atoms with Crippen molar-refractivity contribution in [3.8, 4) is 0 Å². The van der Waals surface area contributed by atoms with Gasteiger partial charge in [-0.15, -0.1) is 0 Å². The van der Waals surface area contributed by atoms with Gasteiger partial charge in [-0.25, -0.2) is 4.79 Å². The molecule has 88 valence electrons. The van der Waals surface area contributed by atoms with E-state index in [1.807, 2.05) is 60.7 Å². The number of hydrogen-bond acceptors (Lipinski definition) is 1. The van der Waals surface area contributed by atoms with Crippen LogP contribution >= 0.6 is 0 Å². The van der Waals surface area contributed by atoms with Crippen LogP contribution in [0.25, 0.3) is 11.6 Å². The topological polar surface area (TPSA) is 37.3 Å². The maximum atomic E-state index is 11.6. The summed E-state index contributed by atoms with van der Waals surface area (Å²) >= 11 is 0. The average Bonchev–Trinajstić information content (AvgIpc) is 2.55. The maximum absolute atomic E-state index is 11.6. The Kier molecular flexibility index (Phi) is 2.49. The molecule has 1 aromatic carbocycles. The van der Waals surface area contributed by atoms with Crippen LogP contribution in [0.3, 0.4) is 0 Å². The lowest BCUT2D eigenvalue weighted by atomic mass is 9.89. The Bertz CT molecular complexity index is 630. The molecule has 0 spiro atoms. The molecular weight excluding hydrogens is 224 g/mol. The van der Waals surface area contributed by atoms with Crippen molar-refractivity contribution >= 4 is 17.6 Å². The molecule has 1 atom stereocenters. The highest BCUT2D eigenvalue weighted by Gasteiger charge is 2.23. The summed E-state index contributed by atoms with van der Waals surface area (Å²) in [4.78, 5) is 11.6. The summed E-state index contributed by atoms with van der Waals surface area (Å²) in [7, 11) is 0. The van der Waals surface area contributed by atoms with Crippen molar-refractivity contribution in [2.45, 2.75) is 0 Å². The van der Waals surface area contributed by atoms with Gasteiger partial charge in [0, 0.05) is 5.92 Å². The number of benzene rings is 1. The van der Waals surface area contributed by atoms with E-state index in [0.717, 1.165) is 16.7 Å². The van der Waals surface area contributed by atoms with Crippen molar-refractivity contribution in [2.75, 3.05) is 0 Å². The van der Waals surface area contributed by atoms with Crippen LogP contribution in [0, 0.1) is 5.92 Å². The molecule has 0 heterocycles. The molecule has 0 bridgehead atoms. The van der Waals surface area contributed by atoms with E-state index >= 15 is 0 Å². The molecule has 0 amide bonds. The quantitative estimate of drug-likeness (QED) is 0.812. The van der Waals surface area contributed by atoms with Gasteiger partial charge in [0.05, 0.1) is 5.57 Å². The van der Waals surface area contributed by atoms with Crippen molar-refractivity contribution in [3.63, 3.8) is 0 Å². The lowest BCUT2D eigenvalue weighted by Crippen LogP contribution is -2.08. The molecule has 0 aliphatic heterocycles. The van der Waals surface area contributed by atoms with E-state index in [1.165, 1.54) is 0 Å². The van der Waals surface area contributed by atoms with Crippen LogP contribution in [0.2, 0.25) is 0 Å². The summed E-state index contributed by atoms with van der Waals surface area (Å²) in [6, 6.07) is 7.61. The molecule has 0 fully saturated rings.